The van der Waals surface area contributed by atoms with E-state index in [1.807, 2.05) is 30.5 Å². The molecule has 0 fully saturated rings. The lowest BCUT2D eigenvalue weighted by atomic mass is 10.00. The topological polar surface area (TPSA) is 35.6 Å². The Hall–Kier alpha value is -6.78. The summed E-state index contributed by atoms with van der Waals surface area (Å²) in [5.74, 6) is 0. The first-order valence-electron chi connectivity index (χ1n) is 16.9. The van der Waals surface area contributed by atoms with Gasteiger partial charge >= 0.3 is 0 Å². The third-order valence-corrected chi connectivity index (χ3v) is 9.78. The van der Waals surface area contributed by atoms with Gasteiger partial charge in [-0.25, -0.2) is 4.98 Å². The highest BCUT2D eigenvalue weighted by molar-refractivity contribution is 6.12. The summed E-state index contributed by atoms with van der Waals surface area (Å²) >= 11 is 0. The molecule has 50 heavy (non-hydrogen) atoms. The molecular weight excluding hydrogens is 609 g/mol. The smallest absolute Gasteiger partial charge is 0.0894 e. The molecule has 4 nitrogen and oxygen atoms in total. The summed E-state index contributed by atoms with van der Waals surface area (Å²) in [6.07, 6.45) is 6.30. The predicted octanol–water partition coefficient (Wildman–Crippen LogP) is 11.8. The number of hydrogen-bond acceptors (Lipinski definition) is 2. The molecule has 0 bridgehead atoms. The molecule has 3 aromatic heterocycles. The fourth-order valence-corrected chi connectivity index (χ4v) is 7.41. The van der Waals surface area contributed by atoms with Crippen molar-refractivity contribution < 1.29 is 0 Å². The van der Waals surface area contributed by atoms with Gasteiger partial charge in [0.25, 0.3) is 0 Å². The summed E-state index contributed by atoms with van der Waals surface area (Å²) < 4.78 is 4.67. The molecule has 0 radical (unpaired) electrons. The Morgan fingerprint density at radius 2 is 1.08 bits per heavy atom. The van der Waals surface area contributed by atoms with Gasteiger partial charge in [0.15, 0.2) is 0 Å². The van der Waals surface area contributed by atoms with Crippen LogP contribution in [0.3, 0.4) is 0 Å². The van der Waals surface area contributed by atoms with Crippen LogP contribution in [-0.4, -0.2) is 19.1 Å². The summed E-state index contributed by atoms with van der Waals surface area (Å²) in [7, 11) is 0. The van der Waals surface area contributed by atoms with Crippen LogP contribution in [0.5, 0.6) is 0 Å². The number of rotatable bonds is 5. The van der Waals surface area contributed by atoms with E-state index in [4.69, 9.17) is 4.98 Å². The maximum absolute atomic E-state index is 4.89. The molecule has 0 saturated carbocycles. The minimum atomic E-state index is 0.871. The minimum Gasteiger partial charge on any atom is -0.316 e. The van der Waals surface area contributed by atoms with Gasteiger partial charge in [-0.05, 0) is 89.5 Å². The van der Waals surface area contributed by atoms with Crippen LogP contribution in [0.2, 0.25) is 0 Å². The van der Waals surface area contributed by atoms with E-state index in [0.717, 1.165) is 33.4 Å². The van der Waals surface area contributed by atoms with Crippen LogP contribution in [0.25, 0.3) is 95.0 Å². The molecule has 3 heterocycles. The van der Waals surface area contributed by atoms with E-state index in [-0.39, 0.29) is 0 Å². The van der Waals surface area contributed by atoms with Crippen LogP contribution in [0.15, 0.2) is 170 Å². The van der Waals surface area contributed by atoms with E-state index < -0.39 is 0 Å². The van der Waals surface area contributed by atoms with Gasteiger partial charge < -0.3 is 9.13 Å². The van der Waals surface area contributed by atoms with Crippen LogP contribution in [0, 0.1) is 0 Å². The Kier molecular flexibility index (Phi) is 6.46. The van der Waals surface area contributed by atoms with Gasteiger partial charge in [0, 0.05) is 39.0 Å². The van der Waals surface area contributed by atoms with Gasteiger partial charge in [0.1, 0.15) is 0 Å². The lowest BCUT2D eigenvalue weighted by Crippen LogP contribution is -1.92. The van der Waals surface area contributed by atoms with E-state index in [0.29, 0.717) is 0 Å². The van der Waals surface area contributed by atoms with Crippen molar-refractivity contribution in [1.82, 2.24) is 19.1 Å². The zero-order valence-corrected chi connectivity index (χ0v) is 27.1. The van der Waals surface area contributed by atoms with Crippen LogP contribution < -0.4 is 0 Å². The molecule has 0 aliphatic heterocycles. The number of fused-ring (bicyclic) bond motifs is 7. The van der Waals surface area contributed by atoms with E-state index in [9.17, 15) is 0 Å². The van der Waals surface area contributed by atoms with Crippen LogP contribution >= 0.6 is 0 Å². The quantitative estimate of drug-likeness (QED) is 0.188. The molecule has 0 atom stereocenters. The summed E-state index contributed by atoms with van der Waals surface area (Å²) in [6.45, 7) is 0. The van der Waals surface area contributed by atoms with Crippen molar-refractivity contribution in [3.63, 3.8) is 0 Å². The molecule has 4 heteroatoms. The Bertz CT molecular complexity index is 2930. The van der Waals surface area contributed by atoms with E-state index in [1.54, 1.807) is 0 Å². The monoisotopic (exact) mass is 638 g/mol. The average molecular weight is 639 g/mol. The molecule has 0 aliphatic carbocycles. The average Bonchev–Trinajstić information content (AvgIpc) is 3.69. The van der Waals surface area contributed by atoms with Gasteiger partial charge in [0.2, 0.25) is 0 Å². The minimum absolute atomic E-state index is 0.871. The normalized spacial score (nSPS) is 11.9. The van der Waals surface area contributed by atoms with Crippen molar-refractivity contribution in [3.05, 3.63) is 176 Å². The second-order valence-corrected chi connectivity index (χ2v) is 12.7. The summed E-state index contributed by atoms with van der Waals surface area (Å²) in [5.41, 5.74) is 13.1. The van der Waals surface area contributed by atoms with E-state index in [1.165, 1.54) is 54.9 Å². The highest BCUT2D eigenvalue weighted by Gasteiger charge is 2.14. The maximum atomic E-state index is 4.89. The van der Waals surface area contributed by atoms with Gasteiger partial charge in [-0.15, -0.1) is 0 Å². The Morgan fingerprint density at radius 1 is 0.440 bits per heavy atom. The van der Waals surface area contributed by atoms with Crippen LogP contribution in [0.1, 0.15) is 5.56 Å². The first-order valence-corrected chi connectivity index (χ1v) is 16.9. The molecule has 234 valence electrons. The highest BCUT2D eigenvalue weighted by Crippen LogP contribution is 2.36. The second-order valence-electron chi connectivity index (χ2n) is 12.7. The van der Waals surface area contributed by atoms with Crippen LogP contribution in [-0.2, 0) is 0 Å². The number of benzene rings is 7. The van der Waals surface area contributed by atoms with E-state index in [2.05, 4.69) is 166 Å². The standard InChI is InChI=1S/C46H30N4/c1-2-13-35(14-3-1)50-45-20-9-5-16-37(45)38-27-31(21-23-46(38)50)25-26-49-43-19-8-4-15-36(43)39-29-33(22-24-44(39)49)32-11-10-12-34(28-32)42-30-47-40-17-6-7-18-41(40)48-42/h1-30H. The molecule has 0 saturated heterocycles. The Labute approximate surface area is 288 Å². The van der Waals surface area contributed by atoms with Gasteiger partial charge in [-0.1, -0.05) is 97.1 Å². The number of para-hydroxylation sites is 5. The third-order valence-electron chi connectivity index (χ3n) is 9.78. The van der Waals surface area contributed by atoms with Crippen molar-refractivity contribution in [1.29, 1.82) is 0 Å². The molecule has 10 rings (SSSR count). The molecule has 0 aliphatic rings. The zero-order valence-electron chi connectivity index (χ0n) is 27.1. The van der Waals surface area contributed by atoms with Crippen LogP contribution in [0.4, 0.5) is 0 Å². The summed E-state index contributed by atoms with van der Waals surface area (Å²) in [6, 6.07) is 58.1. The van der Waals surface area contributed by atoms with Crippen molar-refractivity contribution in [3.8, 4) is 28.1 Å². The SMILES string of the molecule is C(=Cn1c2ccccc2c2cc(-c3cccc(-c4cnc5ccccc5n4)c3)ccc21)c1ccc2c(c1)c1ccccc1n2-c1ccccc1. The molecule has 0 N–H and O–H groups in total. The highest BCUT2D eigenvalue weighted by atomic mass is 15.0. The Balaban J connectivity index is 1.05. The lowest BCUT2D eigenvalue weighted by molar-refractivity contribution is 1.18. The van der Waals surface area contributed by atoms with Crippen molar-refractivity contribution in [2.45, 2.75) is 0 Å². The first-order chi connectivity index (χ1) is 24.8. The maximum Gasteiger partial charge on any atom is 0.0894 e. The molecule has 7 aromatic carbocycles. The molecule has 10 aromatic rings. The van der Waals surface area contributed by atoms with Crippen molar-refractivity contribution in [2.24, 2.45) is 0 Å². The zero-order chi connectivity index (χ0) is 33.0. The summed E-state index contributed by atoms with van der Waals surface area (Å²) in [4.78, 5) is 9.54. The Morgan fingerprint density at radius 3 is 1.96 bits per heavy atom. The molecule has 0 spiro atoms. The van der Waals surface area contributed by atoms with Crippen molar-refractivity contribution >= 4 is 66.9 Å². The number of aromatic nitrogens is 4. The lowest BCUT2D eigenvalue weighted by Gasteiger charge is -2.08. The molecule has 0 amide bonds. The predicted molar refractivity (Wildman–Crippen MR) is 209 cm³/mol. The number of hydrogen-bond donors (Lipinski definition) is 0. The second kappa shape index (κ2) is 11.4. The first kappa shape index (κ1) is 28.3. The summed E-state index contributed by atoms with van der Waals surface area (Å²) in [5, 5.41) is 4.95. The third kappa shape index (κ3) is 4.61. The fourth-order valence-electron chi connectivity index (χ4n) is 7.41. The van der Waals surface area contributed by atoms with E-state index >= 15 is 0 Å². The largest absolute Gasteiger partial charge is 0.316 e. The molecule has 0 unspecified atom stereocenters. The van der Waals surface area contributed by atoms with Gasteiger partial charge in [-0.2, -0.15) is 0 Å². The molecular formula is C46H30N4. The van der Waals surface area contributed by atoms with Crippen molar-refractivity contribution in [2.75, 3.05) is 0 Å². The van der Waals surface area contributed by atoms with Gasteiger partial charge in [-0.3, -0.25) is 4.98 Å². The number of nitrogens with zero attached hydrogens (tertiary/aromatic N) is 4. The fraction of sp³-hybridized carbons (Fsp3) is 0. The van der Waals surface area contributed by atoms with Gasteiger partial charge in [0.05, 0.1) is 45.0 Å².